The van der Waals surface area contributed by atoms with Crippen LogP contribution in [0.3, 0.4) is 0 Å². The molecular weight excluding hydrogens is 411 g/mol. The SMILES string of the molecule is Cc1c([C@@H](O)CN2CCC(CC(=O)c3ccc(C#N)cc3F)CC2)ccc2c1COC2=O. The molecule has 0 unspecified atom stereocenters. The largest absolute Gasteiger partial charge is 0.457 e. The van der Waals surface area contributed by atoms with Crippen LogP contribution in [-0.2, 0) is 11.3 Å². The Morgan fingerprint density at radius 1 is 1.31 bits per heavy atom. The van der Waals surface area contributed by atoms with Gasteiger partial charge < -0.3 is 14.7 Å². The number of rotatable bonds is 6. The van der Waals surface area contributed by atoms with Crippen molar-refractivity contribution in [1.82, 2.24) is 4.90 Å². The van der Waals surface area contributed by atoms with Crippen molar-refractivity contribution < 1.29 is 23.8 Å². The summed E-state index contributed by atoms with van der Waals surface area (Å²) in [7, 11) is 0. The number of Topliss-reactive ketones (excluding diaryl/α,β-unsaturated/α-hetero) is 1. The highest BCUT2D eigenvalue weighted by Gasteiger charge is 2.28. The van der Waals surface area contributed by atoms with Crippen molar-refractivity contribution in [2.75, 3.05) is 19.6 Å². The second-order valence-electron chi connectivity index (χ2n) is 8.58. The Balaban J connectivity index is 1.31. The maximum atomic E-state index is 14.1. The molecule has 0 spiro atoms. The third kappa shape index (κ3) is 4.43. The molecule has 0 radical (unpaired) electrons. The summed E-state index contributed by atoms with van der Waals surface area (Å²) >= 11 is 0. The van der Waals surface area contributed by atoms with Crippen LogP contribution < -0.4 is 0 Å². The average molecular weight is 436 g/mol. The number of fused-ring (bicyclic) bond motifs is 1. The molecule has 2 aliphatic rings. The average Bonchev–Trinajstić information content (AvgIpc) is 3.16. The number of carbonyl (C=O) groups is 2. The van der Waals surface area contributed by atoms with Gasteiger partial charge in [-0.05, 0) is 74.2 Å². The van der Waals surface area contributed by atoms with E-state index in [1.807, 2.05) is 13.0 Å². The van der Waals surface area contributed by atoms with Gasteiger partial charge in [-0.15, -0.1) is 0 Å². The Bertz CT molecular complexity index is 1100. The number of piperidine rings is 1. The monoisotopic (exact) mass is 436 g/mol. The fraction of sp³-hybridized carbons (Fsp3) is 0.400. The van der Waals surface area contributed by atoms with Crippen molar-refractivity contribution in [3.05, 3.63) is 69.5 Å². The lowest BCUT2D eigenvalue weighted by Crippen LogP contribution is -2.37. The molecule has 1 atom stereocenters. The number of nitriles is 1. The van der Waals surface area contributed by atoms with Gasteiger partial charge >= 0.3 is 5.97 Å². The molecule has 1 saturated heterocycles. The number of nitrogens with zero attached hydrogens (tertiary/aromatic N) is 2. The number of hydrogen-bond donors (Lipinski definition) is 1. The topological polar surface area (TPSA) is 90.6 Å². The van der Waals surface area contributed by atoms with Crippen molar-refractivity contribution in [3.8, 4) is 6.07 Å². The van der Waals surface area contributed by atoms with Crippen molar-refractivity contribution in [3.63, 3.8) is 0 Å². The highest BCUT2D eigenvalue weighted by molar-refractivity contribution is 5.96. The van der Waals surface area contributed by atoms with E-state index in [0.717, 1.165) is 48.7 Å². The van der Waals surface area contributed by atoms with Gasteiger partial charge in [0.2, 0.25) is 0 Å². The van der Waals surface area contributed by atoms with Crippen LogP contribution in [0.25, 0.3) is 0 Å². The van der Waals surface area contributed by atoms with Gasteiger partial charge in [-0.2, -0.15) is 5.26 Å². The summed E-state index contributed by atoms with van der Waals surface area (Å²) in [5.41, 5.74) is 3.35. The number of hydrogen-bond acceptors (Lipinski definition) is 6. The highest BCUT2D eigenvalue weighted by atomic mass is 19.1. The molecule has 166 valence electrons. The predicted molar refractivity (Wildman–Crippen MR) is 114 cm³/mol. The van der Waals surface area contributed by atoms with E-state index < -0.39 is 11.9 Å². The Morgan fingerprint density at radius 3 is 2.75 bits per heavy atom. The van der Waals surface area contributed by atoms with Crippen LogP contribution >= 0.6 is 0 Å². The molecule has 6 nitrogen and oxygen atoms in total. The molecule has 1 N–H and O–H groups in total. The first-order chi connectivity index (χ1) is 15.4. The van der Waals surface area contributed by atoms with E-state index in [1.165, 1.54) is 12.1 Å². The summed E-state index contributed by atoms with van der Waals surface area (Å²) in [6.45, 7) is 4.12. The van der Waals surface area contributed by atoms with Crippen LogP contribution in [0.5, 0.6) is 0 Å². The summed E-state index contributed by atoms with van der Waals surface area (Å²) in [5, 5.41) is 19.6. The Labute approximate surface area is 186 Å². The van der Waals surface area contributed by atoms with Crippen molar-refractivity contribution in [2.24, 2.45) is 5.92 Å². The smallest absolute Gasteiger partial charge is 0.338 e. The van der Waals surface area contributed by atoms with Crippen molar-refractivity contribution in [1.29, 1.82) is 5.26 Å². The molecule has 2 heterocycles. The molecule has 2 aromatic rings. The van der Waals surface area contributed by atoms with Crippen molar-refractivity contribution >= 4 is 11.8 Å². The standard InChI is InChI=1S/C25H25FN2O4/c1-15-18(4-5-19-21(15)14-32-25(19)31)24(30)13-28-8-6-16(7-9-28)11-23(29)20-3-2-17(12-27)10-22(20)26/h2-5,10,16,24,30H,6-9,11,13-14H2,1H3/t24-/m0/s1. The van der Waals surface area contributed by atoms with Gasteiger partial charge in [-0.3, -0.25) is 4.79 Å². The van der Waals surface area contributed by atoms with E-state index in [2.05, 4.69) is 4.90 Å². The lowest BCUT2D eigenvalue weighted by atomic mass is 9.89. The first-order valence-corrected chi connectivity index (χ1v) is 10.8. The molecule has 0 aliphatic carbocycles. The molecule has 0 saturated carbocycles. The number of aliphatic hydroxyl groups excluding tert-OH is 1. The van der Waals surface area contributed by atoms with Crippen molar-refractivity contribution in [2.45, 2.75) is 38.9 Å². The number of carbonyl (C=O) groups excluding carboxylic acids is 2. The Hall–Kier alpha value is -3.08. The molecule has 0 aromatic heterocycles. The summed E-state index contributed by atoms with van der Waals surface area (Å²) in [6.07, 6.45) is 1.18. The van der Waals surface area contributed by atoms with E-state index in [-0.39, 0.29) is 41.8 Å². The number of benzene rings is 2. The zero-order valence-corrected chi connectivity index (χ0v) is 17.9. The second kappa shape index (κ2) is 9.19. The van der Waals surface area contributed by atoms with Gasteiger partial charge in [0.05, 0.1) is 28.9 Å². The number of ether oxygens (including phenoxy) is 1. The summed E-state index contributed by atoms with van der Waals surface area (Å²) < 4.78 is 19.2. The van der Waals surface area contributed by atoms with Crippen LogP contribution in [0, 0.1) is 30.0 Å². The first kappa shape index (κ1) is 22.1. The number of aliphatic hydroxyl groups is 1. The fourth-order valence-electron chi connectivity index (χ4n) is 4.63. The van der Waals surface area contributed by atoms with Gasteiger partial charge in [0, 0.05) is 18.5 Å². The van der Waals surface area contributed by atoms with Gasteiger partial charge in [0.25, 0.3) is 0 Å². The maximum absolute atomic E-state index is 14.1. The van der Waals surface area contributed by atoms with E-state index in [1.54, 1.807) is 12.1 Å². The van der Waals surface area contributed by atoms with Crippen LogP contribution in [0.4, 0.5) is 4.39 Å². The highest BCUT2D eigenvalue weighted by Crippen LogP contribution is 2.30. The molecule has 32 heavy (non-hydrogen) atoms. The Kier molecular flexibility index (Phi) is 6.35. The van der Waals surface area contributed by atoms with Gasteiger partial charge in [-0.1, -0.05) is 6.07 Å². The number of likely N-dealkylation sites (tertiary alicyclic amines) is 1. The van der Waals surface area contributed by atoms with Gasteiger partial charge in [-0.25, -0.2) is 9.18 Å². The van der Waals surface area contributed by atoms with Crippen LogP contribution in [0.15, 0.2) is 30.3 Å². The van der Waals surface area contributed by atoms with Crippen LogP contribution in [0.1, 0.15) is 68.3 Å². The minimum absolute atomic E-state index is 0.0383. The number of ketones is 1. The zero-order valence-electron chi connectivity index (χ0n) is 17.9. The second-order valence-corrected chi connectivity index (χ2v) is 8.58. The molecule has 4 rings (SSSR count). The van der Waals surface area contributed by atoms with Crippen LogP contribution in [-0.4, -0.2) is 41.4 Å². The maximum Gasteiger partial charge on any atom is 0.338 e. The lowest BCUT2D eigenvalue weighted by Gasteiger charge is -2.33. The van der Waals surface area contributed by atoms with Gasteiger partial charge in [0.1, 0.15) is 12.4 Å². The van der Waals surface area contributed by atoms with Crippen LogP contribution in [0.2, 0.25) is 0 Å². The molecule has 0 bridgehead atoms. The third-order valence-corrected chi connectivity index (χ3v) is 6.58. The summed E-state index contributed by atoms with van der Waals surface area (Å²) in [4.78, 5) is 26.4. The number of cyclic esters (lactones) is 1. The Morgan fingerprint density at radius 2 is 2.06 bits per heavy atom. The number of esters is 1. The number of halogens is 1. The molecule has 0 amide bonds. The molecular formula is C25H25FN2O4. The molecule has 1 fully saturated rings. The van der Waals surface area contributed by atoms with Gasteiger partial charge in [0.15, 0.2) is 5.78 Å². The lowest BCUT2D eigenvalue weighted by molar-refractivity contribution is 0.0534. The first-order valence-electron chi connectivity index (χ1n) is 10.8. The molecule has 2 aromatic carbocycles. The fourth-order valence-corrected chi connectivity index (χ4v) is 4.63. The summed E-state index contributed by atoms with van der Waals surface area (Å²) in [5.74, 6) is -1.04. The normalized spacial score (nSPS) is 17.5. The minimum atomic E-state index is -0.679. The van der Waals surface area contributed by atoms with E-state index in [4.69, 9.17) is 10.00 Å². The quantitative estimate of drug-likeness (QED) is 0.549. The number of β-amino-alcohol motifs (C(OH)–C–C–N with tert-alkyl or cyclic N) is 1. The zero-order chi connectivity index (χ0) is 22.8. The summed E-state index contributed by atoms with van der Waals surface area (Å²) in [6, 6.07) is 9.33. The molecule has 7 heteroatoms. The minimum Gasteiger partial charge on any atom is -0.457 e. The third-order valence-electron chi connectivity index (χ3n) is 6.58. The van der Waals surface area contributed by atoms with E-state index in [0.29, 0.717) is 12.1 Å². The predicted octanol–water partition coefficient (Wildman–Crippen LogP) is 3.69. The van der Waals surface area contributed by atoms with E-state index >= 15 is 0 Å². The van der Waals surface area contributed by atoms with E-state index in [9.17, 15) is 19.1 Å². The molecule has 2 aliphatic heterocycles.